The van der Waals surface area contributed by atoms with E-state index in [0.717, 1.165) is 11.0 Å². The van der Waals surface area contributed by atoms with Crippen LogP contribution >= 0.6 is 11.6 Å². The first-order valence-electron chi connectivity index (χ1n) is 7.58. The van der Waals surface area contributed by atoms with Crippen molar-refractivity contribution < 1.29 is 17.9 Å². The predicted molar refractivity (Wildman–Crippen MR) is 98.3 cm³/mol. The van der Waals surface area contributed by atoms with Gasteiger partial charge < -0.3 is 4.74 Å². The molecule has 2 rings (SSSR count). The van der Waals surface area contributed by atoms with E-state index in [9.17, 15) is 13.2 Å². The van der Waals surface area contributed by atoms with Crippen molar-refractivity contribution in [3.05, 3.63) is 76.2 Å². The second kappa shape index (κ2) is 9.36. The molecule has 132 valence electrons. The molecule has 0 fully saturated rings. The highest BCUT2D eigenvalue weighted by atomic mass is 35.5. The first-order chi connectivity index (χ1) is 12.0. The van der Waals surface area contributed by atoms with Gasteiger partial charge in [0.25, 0.3) is 0 Å². The van der Waals surface area contributed by atoms with Crippen LogP contribution in [0.5, 0.6) is 0 Å². The van der Waals surface area contributed by atoms with Crippen molar-refractivity contribution in [2.24, 2.45) is 0 Å². The van der Waals surface area contributed by atoms with E-state index in [4.69, 9.17) is 16.3 Å². The van der Waals surface area contributed by atoms with Crippen molar-refractivity contribution in [3.8, 4) is 0 Å². The van der Waals surface area contributed by atoms with E-state index in [1.165, 1.54) is 6.08 Å². The van der Waals surface area contributed by atoms with Gasteiger partial charge in [-0.1, -0.05) is 60.1 Å². The summed E-state index contributed by atoms with van der Waals surface area (Å²) in [5, 5.41) is 1.58. The Morgan fingerprint density at radius 1 is 1.08 bits per heavy atom. The number of carbonyl (C=O) groups excluding carboxylic acids is 1. The van der Waals surface area contributed by atoms with Gasteiger partial charge in [0.05, 0.1) is 6.42 Å². The Bertz CT molecular complexity index is 835. The Labute approximate surface area is 152 Å². The van der Waals surface area contributed by atoms with Crippen molar-refractivity contribution >= 4 is 33.7 Å². The van der Waals surface area contributed by atoms with E-state index in [1.54, 1.807) is 36.4 Å². The fourth-order valence-corrected chi connectivity index (χ4v) is 2.93. The number of rotatable bonds is 8. The quantitative estimate of drug-likeness (QED) is 0.714. The molecule has 0 radical (unpaired) electrons. The molecule has 0 aromatic heterocycles. The van der Waals surface area contributed by atoms with Crippen LogP contribution in [0.25, 0.3) is 6.08 Å². The molecule has 0 unspecified atom stereocenters. The summed E-state index contributed by atoms with van der Waals surface area (Å²) in [5.74, 6) is -0.505. The number of hydrogen-bond acceptors (Lipinski definition) is 4. The van der Waals surface area contributed by atoms with Crippen molar-refractivity contribution in [1.29, 1.82) is 0 Å². The van der Waals surface area contributed by atoms with Crippen LogP contribution in [-0.2, 0) is 26.2 Å². The Kier molecular flexibility index (Phi) is 7.18. The Hall–Kier alpha value is -2.15. The summed E-state index contributed by atoms with van der Waals surface area (Å²) in [4.78, 5) is 11.7. The molecule has 0 bridgehead atoms. The lowest BCUT2D eigenvalue weighted by Gasteiger charge is -2.07. The van der Waals surface area contributed by atoms with Crippen LogP contribution in [0.15, 0.2) is 60.0 Å². The lowest BCUT2D eigenvalue weighted by Crippen LogP contribution is -2.24. The smallest absolute Gasteiger partial charge is 0.307 e. The Balaban J connectivity index is 1.74. The zero-order chi connectivity index (χ0) is 18.1. The van der Waals surface area contributed by atoms with E-state index >= 15 is 0 Å². The number of nitrogens with one attached hydrogen (secondary N) is 1. The van der Waals surface area contributed by atoms with Crippen molar-refractivity contribution in [2.75, 3.05) is 6.54 Å². The van der Waals surface area contributed by atoms with Gasteiger partial charge in [0, 0.05) is 22.5 Å². The third-order valence-corrected chi connectivity index (χ3v) is 4.69. The van der Waals surface area contributed by atoms with Gasteiger partial charge in [0.2, 0.25) is 10.0 Å². The maximum Gasteiger partial charge on any atom is 0.307 e. The largest absolute Gasteiger partial charge is 0.461 e. The van der Waals surface area contributed by atoms with E-state index in [-0.39, 0.29) is 19.6 Å². The van der Waals surface area contributed by atoms with Gasteiger partial charge in [0.15, 0.2) is 0 Å². The second-order valence-corrected chi connectivity index (χ2v) is 7.21. The van der Waals surface area contributed by atoms with Gasteiger partial charge >= 0.3 is 5.97 Å². The number of hydrogen-bond donors (Lipinski definition) is 1. The summed E-state index contributed by atoms with van der Waals surface area (Å²) in [7, 11) is -3.61. The van der Waals surface area contributed by atoms with Crippen molar-refractivity contribution in [3.63, 3.8) is 0 Å². The van der Waals surface area contributed by atoms with Gasteiger partial charge in [-0.3, -0.25) is 4.79 Å². The normalized spacial score (nSPS) is 11.6. The number of halogens is 1. The molecule has 1 N–H and O–H groups in total. The van der Waals surface area contributed by atoms with Crippen LogP contribution in [-0.4, -0.2) is 20.9 Å². The molecule has 0 aliphatic carbocycles. The maximum absolute atomic E-state index is 11.8. The molecule has 0 saturated carbocycles. The third-order valence-electron chi connectivity index (χ3n) is 3.22. The highest BCUT2D eigenvalue weighted by Crippen LogP contribution is 2.15. The van der Waals surface area contributed by atoms with E-state index < -0.39 is 16.0 Å². The first kappa shape index (κ1) is 19.2. The summed E-state index contributed by atoms with van der Waals surface area (Å²) in [6.45, 7) is 0.0159. The second-order valence-electron chi connectivity index (χ2n) is 5.15. The van der Waals surface area contributed by atoms with E-state index in [0.29, 0.717) is 10.6 Å². The van der Waals surface area contributed by atoms with Gasteiger partial charge in [0.1, 0.15) is 6.61 Å². The monoisotopic (exact) mass is 379 g/mol. The van der Waals surface area contributed by atoms with Gasteiger partial charge in [-0.05, 0) is 17.7 Å². The number of ether oxygens (including phenoxy) is 1. The molecule has 0 aliphatic heterocycles. The standard InChI is InChI=1S/C18H18ClNO4S/c19-17-9-5-4-8-16(17)14-24-18(21)10-12-20-25(22,23)13-11-15-6-2-1-3-7-15/h1-9,11,13,20H,10,12,14H2/b13-11+. The number of esters is 1. The maximum atomic E-state index is 11.8. The molecule has 2 aromatic carbocycles. The Morgan fingerprint density at radius 2 is 1.76 bits per heavy atom. The molecular formula is C18H18ClNO4S. The average molecular weight is 380 g/mol. The topological polar surface area (TPSA) is 72.5 Å². The van der Waals surface area contributed by atoms with Crippen LogP contribution in [0.4, 0.5) is 0 Å². The minimum absolute atomic E-state index is 0.0389. The average Bonchev–Trinajstić information content (AvgIpc) is 2.60. The Morgan fingerprint density at radius 3 is 2.48 bits per heavy atom. The summed E-state index contributed by atoms with van der Waals surface area (Å²) >= 11 is 5.97. The zero-order valence-electron chi connectivity index (χ0n) is 13.4. The molecule has 0 heterocycles. The highest BCUT2D eigenvalue weighted by molar-refractivity contribution is 7.92. The zero-order valence-corrected chi connectivity index (χ0v) is 15.0. The predicted octanol–water partition coefficient (Wildman–Crippen LogP) is 3.36. The minimum atomic E-state index is -3.61. The fraction of sp³-hybridized carbons (Fsp3) is 0.167. The summed E-state index contributed by atoms with van der Waals surface area (Å²) in [6, 6.07) is 16.1. The summed E-state index contributed by atoms with van der Waals surface area (Å²) in [5.41, 5.74) is 1.47. The first-order valence-corrected chi connectivity index (χ1v) is 9.50. The molecule has 0 saturated heterocycles. The molecule has 0 spiro atoms. The van der Waals surface area contributed by atoms with Crippen LogP contribution in [0.1, 0.15) is 17.5 Å². The van der Waals surface area contributed by atoms with Gasteiger partial charge in [-0.2, -0.15) is 0 Å². The molecule has 5 nitrogen and oxygen atoms in total. The van der Waals surface area contributed by atoms with E-state index in [1.807, 2.05) is 18.2 Å². The van der Waals surface area contributed by atoms with Gasteiger partial charge in [-0.15, -0.1) is 0 Å². The van der Waals surface area contributed by atoms with Crippen LogP contribution in [0.2, 0.25) is 5.02 Å². The van der Waals surface area contributed by atoms with Gasteiger partial charge in [-0.25, -0.2) is 13.1 Å². The number of benzene rings is 2. The molecule has 0 amide bonds. The fourth-order valence-electron chi connectivity index (χ4n) is 1.92. The summed E-state index contributed by atoms with van der Waals surface area (Å²) in [6.07, 6.45) is 1.42. The molecule has 7 heteroatoms. The molecule has 0 atom stereocenters. The van der Waals surface area contributed by atoms with Crippen LogP contribution in [0.3, 0.4) is 0 Å². The molecular weight excluding hydrogens is 362 g/mol. The van der Waals surface area contributed by atoms with Crippen LogP contribution in [0, 0.1) is 0 Å². The van der Waals surface area contributed by atoms with E-state index in [2.05, 4.69) is 4.72 Å². The SMILES string of the molecule is O=C(CCNS(=O)(=O)/C=C/c1ccccc1)OCc1ccccc1Cl. The van der Waals surface area contributed by atoms with Crippen molar-refractivity contribution in [1.82, 2.24) is 4.72 Å². The lowest BCUT2D eigenvalue weighted by molar-refractivity contribution is -0.144. The van der Waals surface area contributed by atoms with Crippen LogP contribution < -0.4 is 4.72 Å². The lowest BCUT2D eigenvalue weighted by atomic mass is 10.2. The number of carbonyl (C=O) groups is 1. The molecule has 25 heavy (non-hydrogen) atoms. The molecule has 2 aromatic rings. The minimum Gasteiger partial charge on any atom is -0.461 e. The highest BCUT2D eigenvalue weighted by Gasteiger charge is 2.09. The van der Waals surface area contributed by atoms with Crippen molar-refractivity contribution in [2.45, 2.75) is 13.0 Å². The molecule has 0 aliphatic rings. The number of sulfonamides is 1. The third kappa shape index (κ3) is 7.09. The summed E-state index contributed by atoms with van der Waals surface area (Å²) < 4.78 is 31.1.